The van der Waals surface area contributed by atoms with Crippen molar-refractivity contribution >= 4 is 13.5 Å². The van der Waals surface area contributed by atoms with Gasteiger partial charge in [-0.1, -0.05) is 39.0 Å². The lowest BCUT2D eigenvalue weighted by Gasteiger charge is -1.97. The van der Waals surface area contributed by atoms with Crippen LogP contribution >= 0.6 is 0 Å². The maximum absolute atomic E-state index is 10.5. The molecule has 1 nitrogen and oxygen atoms in total. The molecule has 0 radical (unpaired) electrons. The molecule has 0 aliphatic rings. The van der Waals surface area contributed by atoms with Gasteiger partial charge < -0.3 is 4.79 Å². The summed E-state index contributed by atoms with van der Waals surface area (Å²) in [5, 5.41) is 0. The lowest BCUT2D eigenvalue weighted by molar-refractivity contribution is -0.111. The Kier molecular flexibility index (Phi) is 7.65. The van der Waals surface area contributed by atoms with Gasteiger partial charge in [0.2, 0.25) is 0 Å². The molecule has 64 valence electrons. The fraction of sp³-hybridized carbons (Fsp3) is 0.889. The van der Waals surface area contributed by atoms with Gasteiger partial charge in [0.05, 0.1) is 5.68 Å². The molecule has 0 aromatic carbocycles. The minimum Gasteiger partial charge on any atom is -0.312 e. The highest BCUT2D eigenvalue weighted by molar-refractivity contribution is 6.57. The summed E-state index contributed by atoms with van der Waals surface area (Å²) in [6.07, 6.45) is 8.41. The quantitative estimate of drug-likeness (QED) is 0.404. The zero-order valence-corrected chi connectivity index (χ0v) is 7.86. The molecule has 0 N–H and O–H groups in total. The summed E-state index contributed by atoms with van der Waals surface area (Å²) in [6, 6.07) is 0. The highest BCUT2D eigenvalue weighted by atomic mass is 16.1. The van der Waals surface area contributed by atoms with E-state index in [9.17, 15) is 4.79 Å². The molecule has 0 bridgehead atoms. The topological polar surface area (TPSA) is 17.1 Å². The maximum atomic E-state index is 10.5. The van der Waals surface area contributed by atoms with Crippen LogP contribution in [0.15, 0.2) is 0 Å². The molecule has 0 saturated carbocycles. The predicted molar refractivity (Wildman–Crippen MR) is 51.5 cm³/mol. The zero-order chi connectivity index (χ0) is 8.53. The standard InChI is InChI=1S/C9H19BO/c1-2-3-4-5-6-7-8-9(10)11/h2-8,10H2,1H3. The van der Waals surface area contributed by atoms with E-state index in [1.807, 2.05) is 0 Å². The van der Waals surface area contributed by atoms with Gasteiger partial charge in [-0.05, 0) is 12.8 Å². The first-order chi connectivity index (χ1) is 5.27. The molecule has 0 rings (SSSR count). The normalized spacial score (nSPS) is 9.91. The third kappa shape index (κ3) is 9.73. The van der Waals surface area contributed by atoms with E-state index in [1.54, 1.807) is 7.85 Å². The lowest BCUT2D eigenvalue weighted by atomic mass is 9.96. The molecule has 0 heterocycles. The van der Waals surface area contributed by atoms with Gasteiger partial charge >= 0.3 is 0 Å². The molecule has 0 aliphatic carbocycles. The monoisotopic (exact) mass is 154 g/mol. The molecule has 0 amide bonds. The second kappa shape index (κ2) is 7.84. The van der Waals surface area contributed by atoms with Gasteiger partial charge in [-0.2, -0.15) is 0 Å². The van der Waals surface area contributed by atoms with Crippen molar-refractivity contribution in [3.63, 3.8) is 0 Å². The largest absolute Gasteiger partial charge is 0.312 e. The third-order valence-electron chi connectivity index (χ3n) is 1.88. The van der Waals surface area contributed by atoms with Crippen LogP contribution in [0, 0.1) is 0 Å². The fourth-order valence-corrected chi connectivity index (χ4v) is 1.15. The summed E-state index contributed by atoms with van der Waals surface area (Å²) in [4.78, 5) is 10.5. The zero-order valence-electron chi connectivity index (χ0n) is 7.86. The summed E-state index contributed by atoms with van der Waals surface area (Å²) in [6.45, 7) is 2.22. The van der Waals surface area contributed by atoms with Crippen LogP contribution in [0.2, 0.25) is 0 Å². The van der Waals surface area contributed by atoms with Gasteiger partial charge in [-0.3, -0.25) is 0 Å². The first kappa shape index (κ1) is 10.7. The van der Waals surface area contributed by atoms with Gasteiger partial charge in [0.15, 0.2) is 7.85 Å². The molecule has 0 unspecified atom stereocenters. The van der Waals surface area contributed by atoms with E-state index in [0.29, 0.717) is 5.68 Å². The van der Waals surface area contributed by atoms with Gasteiger partial charge in [0.1, 0.15) is 0 Å². The van der Waals surface area contributed by atoms with Crippen molar-refractivity contribution in [3.8, 4) is 0 Å². The molecule has 0 atom stereocenters. The van der Waals surface area contributed by atoms with Crippen molar-refractivity contribution < 1.29 is 4.79 Å². The van der Waals surface area contributed by atoms with Crippen molar-refractivity contribution in [2.24, 2.45) is 0 Å². The Balaban J connectivity index is 2.85. The van der Waals surface area contributed by atoms with Crippen LogP contribution in [0.5, 0.6) is 0 Å². The third-order valence-corrected chi connectivity index (χ3v) is 1.88. The van der Waals surface area contributed by atoms with Gasteiger partial charge in [0, 0.05) is 0 Å². The van der Waals surface area contributed by atoms with Gasteiger partial charge in [-0.15, -0.1) is 0 Å². The Hall–Kier alpha value is -0.265. The molecular weight excluding hydrogens is 135 g/mol. The van der Waals surface area contributed by atoms with Crippen molar-refractivity contribution in [2.45, 2.75) is 51.9 Å². The second-order valence-electron chi connectivity index (χ2n) is 3.22. The molecule has 0 fully saturated rings. The highest BCUT2D eigenvalue weighted by Crippen LogP contribution is 2.06. The first-order valence-electron chi connectivity index (χ1n) is 4.76. The molecule has 0 spiro atoms. The minimum absolute atomic E-state index is 0.334. The van der Waals surface area contributed by atoms with Crippen LogP contribution in [-0.4, -0.2) is 13.5 Å². The lowest BCUT2D eigenvalue weighted by Crippen LogP contribution is -1.94. The van der Waals surface area contributed by atoms with Crippen LogP contribution in [0.4, 0.5) is 0 Å². The van der Waals surface area contributed by atoms with Gasteiger partial charge in [-0.25, -0.2) is 0 Å². The number of rotatable bonds is 7. The molecule has 11 heavy (non-hydrogen) atoms. The van der Waals surface area contributed by atoms with Gasteiger partial charge in [0.25, 0.3) is 0 Å². The number of carbonyl (C=O) groups excluding carboxylic acids is 1. The Morgan fingerprint density at radius 2 is 1.64 bits per heavy atom. The van der Waals surface area contributed by atoms with E-state index in [-0.39, 0.29) is 0 Å². The van der Waals surface area contributed by atoms with E-state index >= 15 is 0 Å². The summed E-state index contributed by atoms with van der Waals surface area (Å²) >= 11 is 0. The second-order valence-corrected chi connectivity index (χ2v) is 3.22. The Morgan fingerprint density at radius 1 is 1.09 bits per heavy atom. The molecule has 0 aromatic rings. The minimum atomic E-state index is 0.334. The Morgan fingerprint density at radius 3 is 2.18 bits per heavy atom. The molecule has 0 saturated heterocycles. The van der Waals surface area contributed by atoms with Crippen molar-refractivity contribution in [3.05, 3.63) is 0 Å². The Labute approximate surface area is 71.0 Å². The van der Waals surface area contributed by atoms with Crippen LogP contribution in [0.25, 0.3) is 0 Å². The van der Waals surface area contributed by atoms with Crippen molar-refractivity contribution in [1.29, 1.82) is 0 Å². The molecular formula is C9H19BO. The van der Waals surface area contributed by atoms with Crippen molar-refractivity contribution in [1.82, 2.24) is 0 Å². The molecule has 2 heteroatoms. The maximum Gasteiger partial charge on any atom is 0.187 e. The van der Waals surface area contributed by atoms with Crippen LogP contribution in [0.3, 0.4) is 0 Å². The summed E-state index contributed by atoms with van der Waals surface area (Å²) in [7, 11) is 1.67. The average Bonchev–Trinajstić information content (AvgIpc) is 1.96. The summed E-state index contributed by atoms with van der Waals surface area (Å²) in [5.41, 5.74) is 0.334. The molecule has 0 aliphatic heterocycles. The highest BCUT2D eigenvalue weighted by Gasteiger charge is 1.92. The summed E-state index contributed by atoms with van der Waals surface area (Å²) < 4.78 is 0. The van der Waals surface area contributed by atoms with E-state index in [0.717, 1.165) is 12.8 Å². The van der Waals surface area contributed by atoms with Crippen LogP contribution in [-0.2, 0) is 4.79 Å². The van der Waals surface area contributed by atoms with E-state index in [2.05, 4.69) is 6.92 Å². The Bertz CT molecular complexity index is 102. The van der Waals surface area contributed by atoms with Crippen LogP contribution in [0.1, 0.15) is 51.9 Å². The number of unbranched alkanes of at least 4 members (excludes halogenated alkanes) is 5. The first-order valence-corrected chi connectivity index (χ1v) is 4.76. The van der Waals surface area contributed by atoms with Crippen molar-refractivity contribution in [2.75, 3.05) is 0 Å². The van der Waals surface area contributed by atoms with E-state index in [1.165, 1.54) is 32.1 Å². The SMILES string of the molecule is BC(=O)CCCCCCCC. The fourth-order valence-electron chi connectivity index (χ4n) is 1.15. The predicted octanol–water partition coefficient (Wildman–Crippen LogP) is 1.90. The molecule has 0 aromatic heterocycles. The number of hydrogen-bond donors (Lipinski definition) is 0. The van der Waals surface area contributed by atoms with E-state index in [4.69, 9.17) is 0 Å². The smallest absolute Gasteiger partial charge is 0.187 e. The van der Waals surface area contributed by atoms with Crippen LogP contribution < -0.4 is 0 Å². The number of carbonyl (C=O) groups is 1. The average molecular weight is 154 g/mol. The summed E-state index contributed by atoms with van der Waals surface area (Å²) in [5.74, 6) is 0. The number of hydrogen-bond acceptors (Lipinski definition) is 1. The van der Waals surface area contributed by atoms with E-state index < -0.39 is 0 Å².